The number of ketones is 2. The van der Waals surface area contributed by atoms with E-state index in [4.69, 9.17) is 5.11 Å². The molecule has 4 nitrogen and oxygen atoms in total. The van der Waals surface area contributed by atoms with Gasteiger partial charge in [-0.15, -0.1) is 0 Å². The lowest BCUT2D eigenvalue weighted by Crippen LogP contribution is -2.26. The van der Waals surface area contributed by atoms with Gasteiger partial charge in [0, 0.05) is 18.8 Å². The second kappa shape index (κ2) is 12.2. The number of unbranched alkanes of at least 4 members (excludes halogenated alkanes) is 1. The van der Waals surface area contributed by atoms with E-state index in [-0.39, 0.29) is 17.6 Å². The van der Waals surface area contributed by atoms with Crippen LogP contribution < -0.4 is 0 Å². The first-order valence-corrected chi connectivity index (χ1v) is 10.1. The Morgan fingerprint density at radius 1 is 1.27 bits per heavy atom. The summed E-state index contributed by atoms with van der Waals surface area (Å²) in [5.41, 5.74) is -0.621. The molecule has 0 radical (unpaired) electrons. The Morgan fingerprint density at radius 3 is 2.69 bits per heavy atom. The van der Waals surface area contributed by atoms with Crippen molar-refractivity contribution >= 4 is 11.6 Å². The first-order valence-electron chi connectivity index (χ1n) is 10.1. The summed E-state index contributed by atoms with van der Waals surface area (Å²) in [5, 5.41) is 19.3. The largest absolute Gasteiger partial charge is 0.390 e. The fourth-order valence-corrected chi connectivity index (χ4v) is 3.55. The quantitative estimate of drug-likeness (QED) is 0.482. The molecule has 0 saturated heterocycles. The molecule has 0 spiro atoms. The molecule has 0 aromatic heterocycles. The number of hydrogen-bond acceptors (Lipinski definition) is 4. The second-order valence-corrected chi connectivity index (χ2v) is 7.53. The molecule has 1 rings (SSSR count). The summed E-state index contributed by atoms with van der Waals surface area (Å²) in [5.74, 6) is 0.422. The molecule has 0 heterocycles. The summed E-state index contributed by atoms with van der Waals surface area (Å²) in [6.45, 7) is 3.76. The molecule has 26 heavy (non-hydrogen) atoms. The second-order valence-electron chi connectivity index (χ2n) is 7.53. The molecule has 0 amide bonds. The highest BCUT2D eigenvalue weighted by atomic mass is 16.3. The maximum Gasteiger partial charge on any atom is 0.158 e. The molecule has 4 heteroatoms. The number of rotatable bonds is 13. The van der Waals surface area contributed by atoms with E-state index in [1.807, 2.05) is 19.1 Å². The van der Waals surface area contributed by atoms with Gasteiger partial charge in [-0.2, -0.15) is 0 Å². The SMILES string of the molecule is CCCCC(O)(CC)C/C=C/[C@H]1CCC(=O)[C@@H]1C/C=C\CCC(=O)CO. The van der Waals surface area contributed by atoms with Gasteiger partial charge in [-0.3, -0.25) is 9.59 Å². The lowest BCUT2D eigenvalue weighted by atomic mass is 9.88. The molecule has 3 atom stereocenters. The van der Waals surface area contributed by atoms with Gasteiger partial charge in [0.15, 0.2) is 5.78 Å². The molecule has 148 valence electrons. The molecule has 1 aliphatic rings. The van der Waals surface area contributed by atoms with Gasteiger partial charge in [0.1, 0.15) is 12.4 Å². The van der Waals surface area contributed by atoms with Crippen LogP contribution in [0.2, 0.25) is 0 Å². The summed E-state index contributed by atoms with van der Waals surface area (Å²) < 4.78 is 0. The first kappa shape index (κ1) is 22.8. The fraction of sp³-hybridized carbons (Fsp3) is 0.727. The summed E-state index contributed by atoms with van der Waals surface area (Å²) in [6.07, 6.45) is 15.6. The summed E-state index contributed by atoms with van der Waals surface area (Å²) in [4.78, 5) is 23.2. The van der Waals surface area contributed by atoms with Crippen LogP contribution in [0, 0.1) is 11.8 Å². The van der Waals surface area contributed by atoms with Crippen LogP contribution in [0.4, 0.5) is 0 Å². The van der Waals surface area contributed by atoms with E-state index < -0.39 is 12.2 Å². The molecular formula is C22H36O4. The number of carbonyl (C=O) groups is 2. The topological polar surface area (TPSA) is 74.6 Å². The molecule has 1 fully saturated rings. The third-order valence-electron chi connectivity index (χ3n) is 5.51. The lowest BCUT2D eigenvalue weighted by molar-refractivity contribution is -0.122. The van der Waals surface area contributed by atoms with Gasteiger partial charge in [0.25, 0.3) is 0 Å². The van der Waals surface area contributed by atoms with E-state index >= 15 is 0 Å². The van der Waals surface area contributed by atoms with Crippen molar-refractivity contribution in [1.82, 2.24) is 0 Å². The maximum absolute atomic E-state index is 12.2. The van der Waals surface area contributed by atoms with E-state index in [9.17, 15) is 14.7 Å². The van der Waals surface area contributed by atoms with Crippen molar-refractivity contribution in [1.29, 1.82) is 0 Å². The van der Waals surface area contributed by atoms with Crippen LogP contribution in [-0.2, 0) is 9.59 Å². The number of allylic oxidation sites excluding steroid dienone is 3. The standard InChI is InChI=1S/C22H36O4/c1-3-5-15-22(26,4-2)16-9-10-18-13-14-21(25)20(18)12-8-6-7-11-19(24)17-23/h6,8-10,18,20,23,26H,3-5,7,11-17H2,1-2H3/b8-6-,10-9+/t18-,20+,22?/m0/s1. The summed E-state index contributed by atoms with van der Waals surface area (Å²) >= 11 is 0. The van der Waals surface area contributed by atoms with Crippen molar-refractivity contribution in [3.05, 3.63) is 24.3 Å². The molecule has 2 N–H and O–H groups in total. The Morgan fingerprint density at radius 2 is 2.04 bits per heavy atom. The Balaban J connectivity index is 2.50. The van der Waals surface area contributed by atoms with Crippen molar-refractivity contribution in [2.75, 3.05) is 6.61 Å². The van der Waals surface area contributed by atoms with E-state index in [1.165, 1.54) is 0 Å². The van der Waals surface area contributed by atoms with Crippen LogP contribution in [0.1, 0.15) is 78.1 Å². The van der Waals surface area contributed by atoms with E-state index in [1.54, 1.807) is 0 Å². The monoisotopic (exact) mass is 364 g/mol. The highest BCUT2D eigenvalue weighted by molar-refractivity contribution is 5.84. The van der Waals surface area contributed by atoms with E-state index in [0.717, 1.165) is 32.1 Å². The third-order valence-corrected chi connectivity index (χ3v) is 5.51. The van der Waals surface area contributed by atoms with Crippen molar-refractivity contribution in [2.45, 2.75) is 83.7 Å². The molecular weight excluding hydrogens is 328 g/mol. The lowest BCUT2D eigenvalue weighted by Gasteiger charge is -2.25. The van der Waals surface area contributed by atoms with Gasteiger partial charge >= 0.3 is 0 Å². The predicted octanol–water partition coefficient (Wildman–Crippen LogP) is 4.15. The smallest absolute Gasteiger partial charge is 0.158 e. The van der Waals surface area contributed by atoms with Gasteiger partial charge in [0.05, 0.1) is 5.60 Å². The average Bonchev–Trinajstić information content (AvgIpc) is 2.99. The molecule has 1 aliphatic carbocycles. The van der Waals surface area contributed by atoms with Crippen LogP contribution in [-0.4, -0.2) is 34.0 Å². The third kappa shape index (κ3) is 7.96. The van der Waals surface area contributed by atoms with Gasteiger partial charge in [0.2, 0.25) is 0 Å². The Labute approximate surface area is 158 Å². The van der Waals surface area contributed by atoms with Crippen LogP contribution in [0.15, 0.2) is 24.3 Å². The van der Waals surface area contributed by atoms with Gasteiger partial charge < -0.3 is 10.2 Å². The molecule has 1 unspecified atom stereocenters. The van der Waals surface area contributed by atoms with Crippen LogP contribution >= 0.6 is 0 Å². The Kier molecular flexibility index (Phi) is 10.7. The Bertz CT molecular complexity index is 494. The fourth-order valence-electron chi connectivity index (χ4n) is 3.55. The van der Waals surface area contributed by atoms with Crippen molar-refractivity contribution in [2.24, 2.45) is 11.8 Å². The van der Waals surface area contributed by atoms with Gasteiger partial charge in [-0.05, 0) is 44.4 Å². The zero-order valence-electron chi connectivity index (χ0n) is 16.5. The van der Waals surface area contributed by atoms with Crippen molar-refractivity contribution < 1.29 is 19.8 Å². The minimum atomic E-state index is -0.621. The number of aliphatic hydroxyl groups excluding tert-OH is 1. The van der Waals surface area contributed by atoms with Gasteiger partial charge in [-0.25, -0.2) is 0 Å². The van der Waals surface area contributed by atoms with Crippen molar-refractivity contribution in [3.63, 3.8) is 0 Å². The van der Waals surface area contributed by atoms with Crippen LogP contribution in [0.5, 0.6) is 0 Å². The average molecular weight is 365 g/mol. The molecule has 0 aromatic carbocycles. The summed E-state index contributed by atoms with van der Waals surface area (Å²) in [7, 11) is 0. The predicted molar refractivity (Wildman–Crippen MR) is 105 cm³/mol. The minimum absolute atomic E-state index is 0.0152. The Hall–Kier alpha value is -1.26. The zero-order chi connectivity index (χ0) is 19.4. The first-order chi connectivity index (χ1) is 12.5. The van der Waals surface area contributed by atoms with Crippen molar-refractivity contribution in [3.8, 4) is 0 Å². The molecule has 0 aliphatic heterocycles. The molecule has 0 aromatic rings. The van der Waals surface area contributed by atoms with E-state index in [2.05, 4.69) is 19.1 Å². The number of carbonyl (C=O) groups excluding carboxylic acids is 2. The summed E-state index contributed by atoms with van der Waals surface area (Å²) in [6, 6.07) is 0. The van der Waals surface area contributed by atoms with Crippen LogP contribution in [0.3, 0.4) is 0 Å². The minimum Gasteiger partial charge on any atom is -0.390 e. The van der Waals surface area contributed by atoms with Gasteiger partial charge in [-0.1, -0.05) is 51.0 Å². The number of hydrogen-bond donors (Lipinski definition) is 2. The molecule has 0 bridgehead atoms. The molecule has 1 saturated carbocycles. The highest BCUT2D eigenvalue weighted by Crippen LogP contribution is 2.33. The van der Waals surface area contributed by atoms with E-state index in [0.29, 0.717) is 37.9 Å². The normalized spacial score (nSPS) is 23.2. The zero-order valence-corrected chi connectivity index (χ0v) is 16.5. The number of Topliss-reactive ketones (excluding diaryl/α,β-unsaturated/α-hetero) is 2. The highest BCUT2D eigenvalue weighted by Gasteiger charge is 2.32. The number of aliphatic hydroxyl groups is 2. The van der Waals surface area contributed by atoms with Crippen LogP contribution in [0.25, 0.3) is 0 Å². The maximum atomic E-state index is 12.2.